The molecule has 0 unspecified atom stereocenters. The van der Waals surface area contributed by atoms with Crippen molar-refractivity contribution in [1.82, 2.24) is 0 Å². The highest BCUT2D eigenvalue weighted by Gasteiger charge is 2.54. The van der Waals surface area contributed by atoms with Crippen molar-refractivity contribution < 1.29 is 19.4 Å². The smallest absolute Gasteiger partial charge is 0.331 e. The van der Waals surface area contributed by atoms with E-state index in [0.717, 1.165) is 50.1 Å². The molecule has 3 aliphatic rings. The summed E-state index contributed by atoms with van der Waals surface area (Å²) in [6, 6.07) is 12.2. The zero-order valence-electron chi connectivity index (χ0n) is 20.0. The summed E-state index contributed by atoms with van der Waals surface area (Å²) in [5, 5.41) is 13.9. The summed E-state index contributed by atoms with van der Waals surface area (Å²) < 4.78 is 11.2. The summed E-state index contributed by atoms with van der Waals surface area (Å²) in [4.78, 5) is 13.1. The first-order chi connectivity index (χ1) is 16.4. The van der Waals surface area contributed by atoms with Gasteiger partial charge in [-0.15, -0.1) is 0 Å². The fraction of sp³-hybridized carbons (Fsp3) is 0.536. The zero-order chi connectivity index (χ0) is 23.9. The van der Waals surface area contributed by atoms with Gasteiger partial charge in [0.15, 0.2) is 0 Å². The number of anilines is 1. The molecule has 6 heteroatoms. The second-order valence-electron chi connectivity index (χ2n) is 10.5. The largest absolute Gasteiger partial charge is 0.493 e. The van der Waals surface area contributed by atoms with Crippen LogP contribution in [0.2, 0.25) is 5.02 Å². The summed E-state index contributed by atoms with van der Waals surface area (Å²) >= 11 is 6.22. The van der Waals surface area contributed by atoms with Crippen LogP contribution in [0.15, 0.2) is 36.4 Å². The van der Waals surface area contributed by atoms with Gasteiger partial charge in [-0.05, 0) is 96.7 Å². The molecule has 1 heterocycles. The van der Waals surface area contributed by atoms with Crippen LogP contribution < -0.4 is 10.1 Å². The summed E-state index contributed by atoms with van der Waals surface area (Å²) in [5.74, 6) is 1.49. The lowest BCUT2D eigenvalue weighted by molar-refractivity contribution is -0.148. The highest BCUT2D eigenvalue weighted by atomic mass is 35.5. The van der Waals surface area contributed by atoms with Crippen LogP contribution in [0.1, 0.15) is 55.7 Å². The lowest BCUT2D eigenvalue weighted by atomic mass is 9.59. The average molecular weight is 484 g/mol. The van der Waals surface area contributed by atoms with Gasteiger partial charge in [0.1, 0.15) is 11.3 Å². The lowest BCUT2D eigenvalue weighted by Crippen LogP contribution is -2.53. The molecule has 1 aliphatic heterocycles. The van der Waals surface area contributed by atoms with Gasteiger partial charge in [-0.2, -0.15) is 0 Å². The van der Waals surface area contributed by atoms with Gasteiger partial charge in [0, 0.05) is 23.7 Å². The number of halogens is 1. The zero-order valence-corrected chi connectivity index (χ0v) is 20.8. The van der Waals surface area contributed by atoms with Crippen molar-refractivity contribution in [3.63, 3.8) is 0 Å². The molecule has 2 aromatic rings. The maximum Gasteiger partial charge on any atom is 0.331 e. The standard InChI is InChI=1S/C28H34ClNO4/c1-18(17-31)12-21-14-20-13-19-6-11-34-25(19)16-24(20)27(21)7-9-28(10-8-27,26(32)33-2)30-23-5-3-4-22(29)15-23/h3-5,13,15-16,18,21,30-31H,6-12,14,17H2,1-2H3/t18-,21+,27?,28?/m1/s1. The molecule has 1 saturated carbocycles. The molecule has 34 heavy (non-hydrogen) atoms. The molecule has 5 rings (SSSR count). The van der Waals surface area contributed by atoms with E-state index in [9.17, 15) is 9.90 Å². The van der Waals surface area contributed by atoms with Crippen LogP contribution in [0.3, 0.4) is 0 Å². The second kappa shape index (κ2) is 9.09. The van der Waals surface area contributed by atoms with Crippen LogP contribution in [0.4, 0.5) is 5.69 Å². The lowest BCUT2D eigenvalue weighted by Gasteiger charge is -2.47. The van der Waals surface area contributed by atoms with Crippen LogP contribution in [-0.4, -0.2) is 36.9 Å². The van der Waals surface area contributed by atoms with Gasteiger partial charge in [-0.3, -0.25) is 0 Å². The van der Waals surface area contributed by atoms with Crippen molar-refractivity contribution in [1.29, 1.82) is 0 Å². The summed E-state index contributed by atoms with van der Waals surface area (Å²) in [6.45, 7) is 3.08. The number of rotatable bonds is 6. The van der Waals surface area contributed by atoms with E-state index in [1.165, 1.54) is 23.8 Å². The van der Waals surface area contributed by atoms with Crippen molar-refractivity contribution in [3.05, 3.63) is 58.1 Å². The Labute approximate surface area is 206 Å². The molecule has 0 amide bonds. The molecular formula is C28H34ClNO4. The number of carbonyl (C=O) groups is 1. The molecule has 0 aromatic heterocycles. The van der Waals surface area contributed by atoms with E-state index in [-0.39, 0.29) is 23.9 Å². The number of benzene rings is 2. The number of carbonyl (C=O) groups excluding carboxylic acids is 1. The molecule has 2 aromatic carbocycles. The number of hydrogen-bond acceptors (Lipinski definition) is 5. The van der Waals surface area contributed by atoms with Gasteiger partial charge in [-0.1, -0.05) is 30.7 Å². The molecule has 2 atom stereocenters. The molecule has 5 nitrogen and oxygen atoms in total. The van der Waals surface area contributed by atoms with Gasteiger partial charge in [0.25, 0.3) is 0 Å². The fourth-order valence-electron chi connectivity index (χ4n) is 6.68. The Morgan fingerprint density at radius 3 is 2.74 bits per heavy atom. The highest BCUT2D eigenvalue weighted by Crippen LogP contribution is 2.57. The van der Waals surface area contributed by atoms with Gasteiger partial charge >= 0.3 is 5.97 Å². The first-order valence-corrected chi connectivity index (χ1v) is 12.8. The molecule has 2 N–H and O–H groups in total. The van der Waals surface area contributed by atoms with E-state index in [1.807, 2.05) is 24.3 Å². The molecule has 2 aliphatic carbocycles. The van der Waals surface area contributed by atoms with Gasteiger partial charge < -0.3 is 19.9 Å². The van der Waals surface area contributed by atoms with E-state index < -0.39 is 5.54 Å². The Hall–Kier alpha value is -2.24. The number of nitrogens with one attached hydrogen (secondary N) is 1. The van der Waals surface area contributed by atoms with Crippen LogP contribution in [0, 0.1) is 11.8 Å². The van der Waals surface area contributed by atoms with Crippen LogP contribution in [0.25, 0.3) is 0 Å². The number of methoxy groups -OCH3 is 1. The van der Waals surface area contributed by atoms with Gasteiger partial charge in [0.2, 0.25) is 0 Å². The molecule has 0 bridgehead atoms. The molecule has 0 radical (unpaired) electrons. The Bertz CT molecular complexity index is 1080. The first-order valence-electron chi connectivity index (χ1n) is 12.4. The topological polar surface area (TPSA) is 67.8 Å². The van der Waals surface area contributed by atoms with Crippen molar-refractivity contribution in [3.8, 4) is 5.75 Å². The predicted molar refractivity (Wildman–Crippen MR) is 134 cm³/mol. The summed E-state index contributed by atoms with van der Waals surface area (Å²) in [6.07, 6.45) is 6.08. The molecule has 1 spiro atoms. The van der Waals surface area contributed by atoms with Gasteiger partial charge in [0.05, 0.1) is 13.7 Å². The minimum absolute atomic E-state index is 0.0206. The molecule has 0 saturated heterocycles. The first kappa shape index (κ1) is 23.5. The Kier molecular flexibility index (Phi) is 6.28. The van der Waals surface area contributed by atoms with E-state index in [2.05, 4.69) is 24.4 Å². The van der Waals surface area contributed by atoms with Crippen LogP contribution in [0.5, 0.6) is 5.75 Å². The highest BCUT2D eigenvalue weighted by molar-refractivity contribution is 6.30. The third kappa shape index (κ3) is 3.97. The number of ether oxygens (including phenoxy) is 2. The monoisotopic (exact) mass is 483 g/mol. The van der Waals surface area contributed by atoms with Crippen molar-refractivity contribution in [2.75, 3.05) is 25.6 Å². The number of hydrogen-bond donors (Lipinski definition) is 2. The minimum atomic E-state index is -0.784. The summed E-state index contributed by atoms with van der Waals surface area (Å²) in [7, 11) is 1.46. The third-order valence-electron chi connectivity index (χ3n) is 8.48. The van der Waals surface area contributed by atoms with E-state index in [4.69, 9.17) is 21.1 Å². The van der Waals surface area contributed by atoms with Crippen molar-refractivity contribution in [2.45, 2.75) is 62.8 Å². The fourth-order valence-corrected chi connectivity index (χ4v) is 6.87. The van der Waals surface area contributed by atoms with Crippen molar-refractivity contribution in [2.24, 2.45) is 11.8 Å². The second-order valence-corrected chi connectivity index (χ2v) is 10.9. The maximum absolute atomic E-state index is 13.1. The Morgan fingerprint density at radius 2 is 2.03 bits per heavy atom. The Balaban J connectivity index is 1.48. The molecular weight excluding hydrogens is 450 g/mol. The number of fused-ring (bicyclic) bond motifs is 3. The van der Waals surface area contributed by atoms with Crippen LogP contribution >= 0.6 is 11.6 Å². The van der Waals surface area contributed by atoms with Gasteiger partial charge in [-0.25, -0.2) is 4.79 Å². The third-order valence-corrected chi connectivity index (χ3v) is 8.71. The normalized spacial score (nSPS) is 28.2. The predicted octanol–water partition coefficient (Wildman–Crippen LogP) is 5.30. The quantitative estimate of drug-likeness (QED) is 0.545. The molecule has 1 fully saturated rings. The Morgan fingerprint density at radius 1 is 1.24 bits per heavy atom. The number of aliphatic hydroxyl groups excluding tert-OH is 1. The van der Waals surface area contributed by atoms with E-state index in [0.29, 0.717) is 23.8 Å². The summed E-state index contributed by atoms with van der Waals surface area (Å²) in [5.41, 5.74) is 4.16. The molecule has 182 valence electrons. The minimum Gasteiger partial charge on any atom is -0.493 e. The SMILES string of the molecule is COC(=O)C1(Nc2cccc(Cl)c2)CCC2(CC1)c1cc3c(cc1C[C@@H]2C[C@@H](C)CO)CCO3. The number of aliphatic hydroxyl groups is 1. The van der Waals surface area contributed by atoms with Crippen molar-refractivity contribution >= 4 is 23.3 Å². The van der Waals surface area contributed by atoms with E-state index >= 15 is 0 Å². The van der Waals surface area contributed by atoms with E-state index in [1.54, 1.807) is 0 Å². The number of esters is 1. The average Bonchev–Trinajstić information content (AvgIpc) is 3.41. The van der Waals surface area contributed by atoms with Crippen LogP contribution in [-0.2, 0) is 27.8 Å². The maximum atomic E-state index is 13.1.